The number of benzene rings is 1. The lowest BCUT2D eigenvalue weighted by Gasteiger charge is -2.29. The molecule has 0 aromatic heterocycles. The molecule has 116 valence electrons. The zero-order valence-electron chi connectivity index (χ0n) is 12.1. The van der Waals surface area contributed by atoms with Crippen LogP contribution in [0.25, 0.3) is 0 Å². The highest BCUT2D eigenvalue weighted by Crippen LogP contribution is 2.39. The second kappa shape index (κ2) is 6.32. The van der Waals surface area contributed by atoms with Crippen LogP contribution in [0.1, 0.15) is 30.9 Å². The van der Waals surface area contributed by atoms with E-state index in [1.165, 1.54) is 18.2 Å². The lowest BCUT2D eigenvalue weighted by atomic mass is 9.98. The topological polar surface area (TPSA) is 96.0 Å². The Kier molecular flexibility index (Phi) is 5.40. The minimum atomic E-state index is -3.62. The number of nitrogens with two attached hydrogens (primary N) is 1. The maximum absolute atomic E-state index is 12.4. The number of aryl methyl sites for hydroxylation is 1. The lowest BCUT2D eigenvalue weighted by molar-refractivity contribution is 0.374. The van der Waals surface area contributed by atoms with Crippen molar-refractivity contribution in [2.75, 3.05) is 6.54 Å². The van der Waals surface area contributed by atoms with Crippen LogP contribution in [0.4, 0.5) is 0 Å². The zero-order valence-corrected chi connectivity index (χ0v) is 13.7. The highest BCUT2D eigenvalue weighted by Gasteiger charge is 2.43. The fraction of sp³-hybridized carbons (Fsp3) is 0.500. The molecule has 0 radical (unpaired) electrons. The first-order valence-electron chi connectivity index (χ1n) is 6.57. The molecule has 0 aliphatic heterocycles. The standard InChI is InChI=1S/C14H19N3O2S.ClH/c1-10-7-13(6-3-11(10)8-15)20(18,19)17-14(2,9-16)12-4-5-12;/h3,6-7,12,17H,4-5,9,16H2,1-2H3;1H. The van der Waals surface area contributed by atoms with Gasteiger partial charge >= 0.3 is 0 Å². The summed E-state index contributed by atoms with van der Waals surface area (Å²) >= 11 is 0. The molecule has 0 spiro atoms. The van der Waals surface area contributed by atoms with Crippen molar-refractivity contribution < 1.29 is 8.42 Å². The molecule has 7 heteroatoms. The molecule has 1 aromatic carbocycles. The van der Waals surface area contributed by atoms with Crippen molar-refractivity contribution in [3.05, 3.63) is 29.3 Å². The van der Waals surface area contributed by atoms with E-state index in [1.807, 2.05) is 13.0 Å². The van der Waals surface area contributed by atoms with Gasteiger partial charge in [-0.15, -0.1) is 12.4 Å². The van der Waals surface area contributed by atoms with Crippen molar-refractivity contribution >= 4 is 22.4 Å². The van der Waals surface area contributed by atoms with Gasteiger partial charge in [0.25, 0.3) is 0 Å². The predicted molar refractivity (Wildman–Crippen MR) is 83.6 cm³/mol. The van der Waals surface area contributed by atoms with Crippen molar-refractivity contribution in [2.24, 2.45) is 11.7 Å². The molecule has 0 bridgehead atoms. The van der Waals surface area contributed by atoms with E-state index in [2.05, 4.69) is 4.72 Å². The molecule has 1 aromatic rings. The first-order valence-corrected chi connectivity index (χ1v) is 8.05. The SMILES string of the molecule is Cc1cc(S(=O)(=O)NC(C)(CN)C2CC2)ccc1C#N.Cl. The van der Waals surface area contributed by atoms with E-state index in [0.29, 0.717) is 17.0 Å². The number of rotatable bonds is 5. The van der Waals surface area contributed by atoms with Crippen LogP contribution in [0.5, 0.6) is 0 Å². The number of nitrogens with zero attached hydrogens (tertiary/aromatic N) is 1. The molecule has 2 rings (SSSR count). The summed E-state index contributed by atoms with van der Waals surface area (Å²) in [7, 11) is -3.62. The monoisotopic (exact) mass is 329 g/mol. The van der Waals surface area contributed by atoms with Gasteiger partial charge in [0.05, 0.1) is 16.5 Å². The quantitative estimate of drug-likeness (QED) is 0.859. The summed E-state index contributed by atoms with van der Waals surface area (Å²) in [6.07, 6.45) is 2.01. The summed E-state index contributed by atoms with van der Waals surface area (Å²) in [5.41, 5.74) is 6.27. The fourth-order valence-electron chi connectivity index (χ4n) is 2.31. The van der Waals surface area contributed by atoms with Crippen LogP contribution < -0.4 is 10.5 Å². The van der Waals surface area contributed by atoms with Gasteiger partial charge in [-0.3, -0.25) is 0 Å². The number of nitriles is 1. The molecule has 1 aliphatic carbocycles. The molecule has 3 N–H and O–H groups in total. The molecule has 1 saturated carbocycles. The molecule has 1 atom stereocenters. The molecule has 0 amide bonds. The summed E-state index contributed by atoms with van der Waals surface area (Å²) in [5.74, 6) is 0.307. The lowest BCUT2D eigenvalue weighted by Crippen LogP contribution is -2.52. The maximum atomic E-state index is 12.4. The minimum Gasteiger partial charge on any atom is -0.329 e. The number of hydrogen-bond donors (Lipinski definition) is 2. The number of hydrogen-bond acceptors (Lipinski definition) is 4. The van der Waals surface area contributed by atoms with Gasteiger partial charge in [0.1, 0.15) is 0 Å². The third kappa shape index (κ3) is 3.74. The Morgan fingerprint density at radius 2 is 2.10 bits per heavy atom. The van der Waals surface area contributed by atoms with Gasteiger partial charge in [-0.05, 0) is 56.4 Å². The summed E-state index contributed by atoms with van der Waals surface area (Å²) in [4.78, 5) is 0.175. The van der Waals surface area contributed by atoms with Gasteiger partial charge in [0.15, 0.2) is 0 Å². The van der Waals surface area contributed by atoms with E-state index in [9.17, 15) is 8.42 Å². The second-order valence-electron chi connectivity index (χ2n) is 5.59. The third-order valence-electron chi connectivity index (χ3n) is 3.90. The molecular weight excluding hydrogens is 310 g/mol. The van der Waals surface area contributed by atoms with Crippen LogP contribution in [-0.2, 0) is 10.0 Å². The van der Waals surface area contributed by atoms with E-state index >= 15 is 0 Å². The maximum Gasteiger partial charge on any atom is 0.241 e. The first-order chi connectivity index (χ1) is 9.32. The Balaban J connectivity index is 0.00000220. The van der Waals surface area contributed by atoms with Gasteiger partial charge in [0, 0.05) is 12.1 Å². The van der Waals surface area contributed by atoms with Crippen molar-refractivity contribution in [1.82, 2.24) is 4.72 Å². The van der Waals surface area contributed by atoms with E-state index in [-0.39, 0.29) is 23.8 Å². The summed E-state index contributed by atoms with van der Waals surface area (Å²) < 4.78 is 27.6. The van der Waals surface area contributed by atoms with Gasteiger partial charge < -0.3 is 5.73 Å². The highest BCUT2D eigenvalue weighted by atomic mass is 35.5. The van der Waals surface area contributed by atoms with E-state index in [4.69, 9.17) is 11.0 Å². The Morgan fingerprint density at radius 1 is 1.48 bits per heavy atom. The number of sulfonamides is 1. The predicted octanol–water partition coefficient (Wildman–Crippen LogP) is 1.69. The fourth-order valence-corrected chi connectivity index (χ4v) is 3.87. The Bertz CT molecular complexity index is 665. The van der Waals surface area contributed by atoms with Crippen molar-refractivity contribution in [1.29, 1.82) is 5.26 Å². The Labute approximate surface area is 132 Å². The van der Waals surface area contributed by atoms with E-state index < -0.39 is 15.6 Å². The van der Waals surface area contributed by atoms with Crippen molar-refractivity contribution in [3.63, 3.8) is 0 Å². The van der Waals surface area contributed by atoms with Crippen LogP contribution in [-0.4, -0.2) is 20.5 Å². The smallest absolute Gasteiger partial charge is 0.241 e. The van der Waals surface area contributed by atoms with Gasteiger partial charge in [-0.1, -0.05) is 0 Å². The first kappa shape index (κ1) is 17.9. The summed E-state index contributed by atoms with van der Waals surface area (Å²) in [6.45, 7) is 3.84. The van der Waals surface area contributed by atoms with Gasteiger partial charge in [0.2, 0.25) is 10.0 Å². The van der Waals surface area contributed by atoms with Crippen LogP contribution in [0, 0.1) is 24.2 Å². The molecular formula is C14H20ClN3O2S. The normalized spacial score (nSPS) is 17.4. The van der Waals surface area contributed by atoms with Crippen molar-refractivity contribution in [3.8, 4) is 6.07 Å². The molecule has 1 aliphatic rings. The van der Waals surface area contributed by atoms with Crippen LogP contribution >= 0.6 is 12.4 Å². The molecule has 1 fully saturated rings. The van der Waals surface area contributed by atoms with E-state index in [0.717, 1.165) is 12.8 Å². The summed E-state index contributed by atoms with van der Waals surface area (Å²) in [5, 5.41) is 8.89. The van der Waals surface area contributed by atoms with Crippen LogP contribution in [0.3, 0.4) is 0 Å². The third-order valence-corrected chi connectivity index (χ3v) is 5.51. The molecule has 0 heterocycles. The second-order valence-corrected chi connectivity index (χ2v) is 7.27. The molecule has 1 unspecified atom stereocenters. The zero-order chi connectivity index (χ0) is 15.0. The van der Waals surface area contributed by atoms with Gasteiger partial charge in [-0.25, -0.2) is 13.1 Å². The average molecular weight is 330 g/mol. The molecule has 21 heavy (non-hydrogen) atoms. The Morgan fingerprint density at radius 3 is 2.52 bits per heavy atom. The van der Waals surface area contributed by atoms with E-state index in [1.54, 1.807) is 6.92 Å². The molecule has 5 nitrogen and oxygen atoms in total. The minimum absolute atomic E-state index is 0. The van der Waals surface area contributed by atoms with Crippen molar-refractivity contribution in [2.45, 2.75) is 37.1 Å². The molecule has 0 saturated heterocycles. The largest absolute Gasteiger partial charge is 0.329 e. The summed E-state index contributed by atoms with van der Waals surface area (Å²) in [6, 6.07) is 6.53. The van der Waals surface area contributed by atoms with Gasteiger partial charge in [-0.2, -0.15) is 5.26 Å². The number of nitrogens with one attached hydrogen (secondary N) is 1. The van der Waals surface area contributed by atoms with Crippen LogP contribution in [0.2, 0.25) is 0 Å². The highest BCUT2D eigenvalue weighted by molar-refractivity contribution is 7.89. The average Bonchev–Trinajstić information content (AvgIpc) is 3.22. The van der Waals surface area contributed by atoms with Crippen LogP contribution in [0.15, 0.2) is 23.1 Å². The number of halogens is 1. The Hall–Kier alpha value is -1.13.